The molecule has 2 aliphatic rings. The Bertz CT molecular complexity index is 631. The monoisotopic (exact) mass is 531 g/mol. The van der Waals surface area contributed by atoms with Crippen LogP contribution in [0.5, 0.6) is 0 Å². The van der Waals surface area contributed by atoms with Crippen LogP contribution in [-0.4, -0.2) is 67.1 Å². The van der Waals surface area contributed by atoms with Gasteiger partial charge in [-0.05, 0) is 63.4 Å². The largest absolute Gasteiger partial charge is 0.357 e. The molecule has 3 rings (SSSR count). The summed E-state index contributed by atoms with van der Waals surface area (Å²) in [4.78, 5) is 9.96. The first-order valence-corrected chi connectivity index (χ1v) is 11.4. The quantitative estimate of drug-likeness (QED) is 0.319. The van der Waals surface area contributed by atoms with Gasteiger partial charge in [-0.3, -0.25) is 14.8 Å². The predicted octanol–water partition coefficient (Wildman–Crippen LogP) is 3.84. The zero-order valence-corrected chi connectivity index (χ0v) is 20.9. The Kier molecular flexibility index (Phi) is 11.4. The van der Waals surface area contributed by atoms with Gasteiger partial charge in [0.1, 0.15) is 5.82 Å². The fraction of sp³-hybridized carbons (Fsp3) is 0.696. The number of halogens is 2. The summed E-state index contributed by atoms with van der Waals surface area (Å²) in [7, 11) is 0. The minimum atomic E-state index is -0.165. The molecule has 2 fully saturated rings. The summed E-state index contributed by atoms with van der Waals surface area (Å²) >= 11 is 0. The Morgan fingerprint density at radius 2 is 1.80 bits per heavy atom. The van der Waals surface area contributed by atoms with Crippen molar-refractivity contribution in [3.63, 3.8) is 0 Å². The molecule has 30 heavy (non-hydrogen) atoms. The van der Waals surface area contributed by atoms with Crippen molar-refractivity contribution < 1.29 is 4.39 Å². The van der Waals surface area contributed by atoms with Gasteiger partial charge in [-0.15, -0.1) is 24.0 Å². The lowest BCUT2D eigenvalue weighted by molar-refractivity contribution is 0.161. The fourth-order valence-corrected chi connectivity index (χ4v) is 4.48. The van der Waals surface area contributed by atoms with Crippen LogP contribution in [0.3, 0.4) is 0 Å². The summed E-state index contributed by atoms with van der Waals surface area (Å²) in [5.74, 6) is 0.799. The van der Waals surface area contributed by atoms with Crippen LogP contribution in [-0.2, 0) is 6.54 Å². The van der Waals surface area contributed by atoms with Gasteiger partial charge in [-0.2, -0.15) is 0 Å². The van der Waals surface area contributed by atoms with Crippen molar-refractivity contribution in [3.05, 3.63) is 35.6 Å². The fourth-order valence-electron chi connectivity index (χ4n) is 4.48. The van der Waals surface area contributed by atoms with Gasteiger partial charge in [-0.25, -0.2) is 4.39 Å². The first kappa shape index (κ1) is 25.3. The van der Waals surface area contributed by atoms with Crippen LogP contribution in [0.2, 0.25) is 0 Å². The second-order valence-corrected chi connectivity index (χ2v) is 8.32. The van der Waals surface area contributed by atoms with E-state index >= 15 is 0 Å². The van der Waals surface area contributed by atoms with E-state index in [1.165, 1.54) is 31.4 Å². The number of aliphatic imine (C=N–C) groups is 1. The SMILES string of the molecule is CCNC(=NCC1CCCCN1CC)NC1CCN(Cc2ccc(F)cc2)CC1.I. The molecule has 170 valence electrons. The second kappa shape index (κ2) is 13.5. The van der Waals surface area contributed by atoms with E-state index in [1.807, 2.05) is 12.1 Å². The first-order chi connectivity index (χ1) is 14.2. The topological polar surface area (TPSA) is 42.9 Å². The van der Waals surface area contributed by atoms with Crippen LogP contribution in [0, 0.1) is 5.82 Å². The predicted molar refractivity (Wildman–Crippen MR) is 134 cm³/mol. The molecule has 7 heteroatoms. The maximum absolute atomic E-state index is 13.1. The van der Waals surface area contributed by atoms with Gasteiger partial charge in [0.2, 0.25) is 0 Å². The van der Waals surface area contributed by atoms with Crippen LogP contribution >= 0.6 is 24.0 Å². The third-order valence-electron chi connectivity index (χ3n) is 6.21. The number of nitrogens with zero attached hydrogens (tertiary/aromatic N) is 3. The number of nitrogens with one attached hydrogen (secondary N) is 2. The van der Waals surface area contributed by atoms with Crippen LogP contribution in [0.15, 0.2) is 29.3 Å². The normalized spacial score (nSPS) is 21.8. The van der Waals surface area contributed by atoms with E-state index in [9.17, 15) is 4.39 Å². The van der Waals surface area contributed by atoms with Gasteiger partial charge in [0.15, 0.2) is 5.96 Å². The maximum atomic E-state index is 13.1. The van der Waals surface area contributed by atoms with Crippen molar-refractivity contribution in [1.82, 2.24) is 20.4 Å². The average Bonchev–Trinajstić information content (AvgIpc) is 2.75. The molecule has 1 unspecified atom stereocenters. The second-order valence-electron chi connectivity index (χ2n) is 8.32. The Morgan fingerprint density at radius 1 is 1.07 bits per heavy atom. The number of piperidine rings is 2. The number of likely N-dealkylation sites (N-methyl/N-ethyl adjacent to an activating group) is 1. The molecule has 2 aliphatic heterocycles. The molecular formula is C23H39FIN5. The highest BCUT2D eigenvalue weighted by Gasteiger charge is 2.22. The summed E-state index contributed by atoms with van der Waals surface area (Å²) in [5.41, 5.74) is 1.18. The van der Waals surface area contributed by atoms with Crippen molar-refractivity contribution in [2.45, 2.75) is 64.6 Å². The average molecular weight is 532 g/mol. The highest BCUT2D eigenvalue weighted by atomic mass is 127. The molecule has 1 aromatic rings. The zero-order valence-electron chi connectivity index (χ0n) is 18.6. The number of hydrogen-bond acceptors (Lipinski definition) is 3. The Morgan fingerprint density at radius 3 is 2.47 bits per heavy atom. The Hall–Kier alpha value is -0.930. The molecule has 2 saturated heterocycles. The minimum absolute atomic E-state index is 0. The van der Waals surface area contributed by atoms with Gasteiger partial charge >= 0.3 is 0 Å². The molecule has 2 heterocycles. The standard InChI is InChI=1S/C23H38FN5.HI/c1-3-25-23(26-17-22-7-5-6-14-29(22)4-2)27-21-12-15-28(16-13-21)18-19-8-10-20(24)11-9-19;/h8-11,21-22H,3-7,12-18H2,1-2H3,(H2,25,26,27);1H. The molecule has 1 atom stereocenters. The van der Waals surface area contributed by atoms with E-state index in [4.69, 9.17) is 4.99 Å². The van der Waals surface area contributed by atoms with Crippen molar-refractivity contribution in [1.29, 1.82) is 0 Å². The van der Waals surface area contributed by atoms with Gasteiger partial charge in [0, 0.05) is 38.3 Å². The molecule has 0 aromatic heterocycles. The summed E-state index contributed by atoms with van der Waals surface area (Å²) < 4.78 is 13.1. The van der Waals surface area contributed by atoms with E-state index in [2.05, 4.69) is 34.3 Å². The molecule has 0 spiro atoms. The third-order valence-corrected chi connectivity index (χ3v) is 6.21. The highest BCUT2D eigenvalue weighted by molar-refractivity contribution is 14.0. The lowest BCUT2D eigenvalue weighted by Crippen LogP contribution is -2.49. The van der Waals surface area contributed by atoms with Crippen LogP contribution in [0.4, 0.5) is 4.39 Å². The van der Waals surface area contributed by atoms with E-state index in [0.29, 0.717) is 12.1 Å². The third kappa shape index (κ3) is 7.96. The van der Waals surface area contributed by atoms with Gasteiger partial charge < -0.3 is 10.6 Å². The minimum Gasteiger partial charge on any atom is -0.357 e. The summed E-state index contributed by atoms with van der Waals surface area (Å²) in [6.07, 6.45) is 6.13. The zero-order chi connectivity index (χ0) is 20.5. The van der Waals surface area contributed by atoms with E-state index in [1.54, 1.807) is 12.1 Å². The maximum Gasteiger partial charge on any atom is 0.191 e. The number of hydrogen-bond donors (Lipinski definition) is 2. The Labute approximate surface area is 198 Å². The molecule has 2 N–H and O–H groups in total. The lowest BCUT2D eigenvalue weighted by atomic mass is 10.0. The van der Waals surface area contributed by atoms with E-state index < -0.39 is 0 Å². The molecule has 0 radical (unpaired) electrons. The smallest absolute Gasteiger partial charge is 0.191 e. The molecule has 0 saturated carbocycles. The van der Waals surface area contributed by atoms with Crippen molar-refractivity contribution in [2.24, 2.45) is 4.99 Å². The lowest BCUT2D eigenvalue weighted by Gasteiger charge is -2.35. The van der Waals surface area contributed by atoms with Crippen molar-refractivity contribution >= 4 is 29.9 Å². The first-order valence-electron chi connectivity index (χ1n) is 11.4. The summed E-state index contributed by atoms with van der Waals surface area (Å²) in [6, 6.07) is 7.93. The molecule has 0 bridgehead atoms. The van der Waals surface area contributed by atoms with Gasteiger partial charge in [0.05, 0.1) is 6.54 Å². The molecule has 0 aliphatic carbocycles. The van der Waals surface area contributed by atoms with Crippen molar-refractivity contribution in [2.75, 3.05) is 39.3 Å². The molecule has 1 aromatic carbocycles. The Balaban J connectivity index is 0.00000320. The molecule has 5 nitrogen and oxygen atoms in total. The summed E-state index contributed by atoms with van der Waals surface area (Å²) in [5, 5.41) is 7.10. The van der Waals surface area contributed by atoms with Crippen molar-refractivity contribution in [3.8, 4) is 0 Å². The van der Waals surface area contributed by atoms with Crippen LogP contribution in [0.1, 0.15) is 51.5 Å². The number of likely N-dealkylation sites (tertiary alicyclic amines) is 2. The molecule has 0 amide bonds. The van der Waals surface area contributed by atoms with E-state index in [0.717, 1.165) is 58.1 Å². The van der Waals surface area contributed by atoms with E-state index in [-0.39, 0.29) is 29.8 Å². The van der Waals surface area contributed by atoms with Crippen LogP contribution < -0.4 is 10.6 Å². The van der Waals surface area contributed by atoms with Gasteiger partial charge in [-0.1, -0.05) is 25.5 Å². The highest BCUT2D eigenvalue weighted by Crippen LogP contribution is 2.17. The number of rotatable bonds is 7. The van der Waals surface area contributed by atoms with Crippen LogP contribution in [0.25, 0.3) is 0 Å². The number of guanidine groups is 1. The summed E-state index contributed by atoms with van der Waals surface area (Å²) in [6.45, 7) is 11.5. The number of benzene rings is 1. The van der Waals surface area contributed by atoms with Gasteiger partial charge in [0.25, 0.3) is 0 Å². The molecular weight excluding hydrogens is 492 g/mol.